The van der Waals surface area contributed by atoms with Gasteiger partial charge in [0.25, 0.3) is 0 Å². The van der Waals surface area contributed by atoms with Crippen molar-refractivity contribution in [2.24, 2.45) is 0 Å². The zero-order valence-corrected chi connectivity index (χ0v) is 13.7. The quantitative estimate of drug-likeness (QED) is 0.837. The standard InChI is InChI=1S/C15H16BrClN2O/c1-10(2)19-9-11-4-3-7-18-15(11)20-14-6-5-12(17)8-13(14)16/h3-8,10,19H,9H2,1-2H3. The predicted molar refractivity (Wildman–Crippen MR) is 85.4 cm³/mol. The molecule has 1 aromatic carbocycles. The van der Waals surface area contributed by atoms with Gasteiger partial charge in [-0.15, -0.1) is 0 Å². The van der Waals surface area contributed by atoms with Gasteiger partial charge in [-0.1, -0.05) is 31.5 Å². The number of hydrogen-bond donors (Lipinski definition) is 1. The maximum atomic E-state index is 5.92. The van der Waals surface area contributed by atoms with Crippen LogP contribution in [0.4, 0.5) is 0 Å². The van der Waals surface area contributed by atoms with Crippen molar-refractivity contribution in [3.8, 4) is 11.6 Å². The molecular weight excluding hydrogens is 340 g/mol. The van der Waals surface area contributed by atoms with Crippen molar-refractivity contribution in [1.29, 1.82) is 0 Å². The van der Waals surface area contributed by atoms with E-state index in [2.05, 4.69) is 40.1 Å². The fraction of sp³-hybridized carbons (Fsp3) is 0.267. The molecule has 0 atom stereocenters. The first-order valence-corrected chi connectivity index (χ1v) is 7.53. The van der Waals surface area contributed by atoms with Gasteiger partial charge in [-0.3, -0.25) is 0 Å². The number of nitrogens with one attached hydrogen (secondary N) is 1. The summed E-state index contributed by atoms with van der Waals surface area (Å²) in [6, 6.07) is 9.72. The molecule has 0 aliphatic carbocycles. The van der Waals surface area contributed by atoms with Crippen LogP contribution in [0.1, 0.15) is 19.4 Å². The van der Waals surface area contributed by atoms with Crippen LogP contribution in [0.25, 0.3) is 0 Å². The summed E-state index contributed by atoms with van der Waals surface area (Å²) in [7, 11) is 0. The zero-order chi connectivity index (χ0) is 14.5. The Morgan fingerprint density at radius 3 is 2.85 bits per heavy atom. The lowest BCUT2D eigenvalue weighted by Crippen LogP contribution is -2.22. The fourth-order valence-corrected chi connectivity index (χ4v) is 2.39. The first-order valence-electron chi connectivity index (χ1n) is 6.36. The minimum atomic E-state index is 0.408. The molecule has 0 radical (unpaired) electrons. The van der Waals surface area contributed by atoms with Gasteiger partial charge in [0.1, 0.15) is 5.75 Å². The third-order valence-electron chi connectivity index (χ3n) is 2.65. The van der Waals surface area contributed by atoms with Gasteiger partial charge in [0, 0.05) is 29.4 Å². The van der Waals surface area contributed by atoms with E-state index in [0.29, 0.717) is 29.2 Å². The molecule has 1 heterocycles. The van der Waals surface area contributed by atoms with Gasteiger partial charge in [0.2, 0.25) is 5.88 Å². The van der Waals surface area contributed by atoms with Gasteiger partial charge < -0.3 is 10.1 Å². The van der Waals surface area contributed by atoms with Gasteiger partial charge in [0.05, 0.1) is 4.47 Å². The summed E-state index contributed by atoms with van der Waals surface area (Å²) in [5.74, 6) is 1.29. The van der Waals surface area contributed by atoms with Crippen LogP contribution in [-0.2, 0) is 6.54 Å². The highest BCUT2D eigenvalue weighted by Crippen LogP contribution is 2.32. The Kier molecular flexibility index (Phi) is 5.40. The minimum absolute atomic E-state index is 0.408. The first-order chi connectivity index (χ1) is 9.56. The maximum absolute atomic E-state index is 5.92. The number of ether oxygens (including phenoxy) is 1. The number of nitrogens with zero attached hydrogens (tertiary/aromatic N) is 1. The Balaban J connectivity index is 2.20. The molecule has 0 aliphatic heterocycles. The molecule has 0 unspecified atom stereocenters. The fourth-order valence-electron chi connectivity index (χ4n) is 1.63. The van der Waals surface area contributed by atoms with Crippen molar-refractivity contribution in [3.63, 3.8) is 0 Å². The largest absolute Gasteiger partial charge is 0.438 e. The average molecular weight is 356 g/mol. The Hall–Kier alpha value is -1.10. The Morgan fingerprint density at radius 1 is 1.35 bits per heavy atom. The van der Waals surface area contributed by atoms with E-state index >= 15 is 0 Å². The maximum Gasteiger partial charge on any atom is 0.223 e. The molecular formula is C15H16BrClN2O. The zero-order valence-electron chi connectivity index (χ0n) is 11.4. The summed E-state index contributed by atoms with van der Waals surface area (Å²) in [5.41, 5.74) is 1.02. The van der Waals surface area contributed by atoms with E-state index in [1.54, 1.807) is 18.3 Å². The van der Waals surface area contributed by atoms with Crippen LogP contribution >= 0.6 is 27.5 Å². The molecule has 0 aliphatic rings. The van der Waals surface area contributed by atoms with E-state index < -0.39 is 0 Å². The van der Waals surface area contributed by atoms with Gasteiger partial charge in [-0.2, -0.15) is 0 Å². The highest BCUT2D eigenvalue weighted by molar-refractivity contribution is 9.10. The van der Waals surface area contributed by atoms with E-state index in [1.165, 1.54) is 0 Å². The highest BCUT2D eigenvalue weighted by atomic mass is 79.9. The number of aromatic nitrogens is 1. The third-order valence-corrected chi connectivity index (χ3v) is 3.51. The van der Waals surface area contributed by atoms with Gasteiger partial charge in [0.15, 0.2) is 0 Å². The molecule has 5 heteroatoms. The Labute approximate surface area is 132 Å². The Morgan fingerprint density at radius 2 is 2.15 bits per heavy atom. The van der Waals surface area contributed by atoms with Crippen LogP contribution in [0.15, 0.2) is 41.0 Å². The first kappa shape index (κ1) is 15.3. The van der Waals surface area contributed by atoms with Crippen LogP contribution in [0.5, 0.6) is 11.6 Å². The number of benzene rings is 1. The summed E-state index contributed by atoms with van der Waals surface area (Å²) >= 11 is 9.36. The summed E-state index contributed by atoms with van der Waals surface area (Å²) in [6.45, 7) is 4.92. The van der Waals surface area contributed by atoms with Crippen LogP contribution in [0, 0.1) is 0 Å². The normalized spacial score (nSPS) is 10.8. The monoisotopic (exact) mass is 354 g/mol. The number of pyridine rings is 1. The molecule has 1 N–H and O–H groups in total. The van der Waals surface area contributed by atoms with Crippen LogP contribution in [-0.4, -0.2) is 11.0 Å². The molecule has 0 saturated heterocycles. The highest BCUT2D eigenvalue weighted by Gasteiger charge is 2.09. The van der Waals surface area contributed by atoms with E-state index in [-0.39, 0.29) is 0 Å². The molecule has 2 rings (SSSR count). The predicted octanol–water partition coefficient (Wildman–Crippen LogP) is 4.79. The molecule has 0 amide bonds. The third kappa shape index (κ3) is 4.20. The van der Waals surface area contributed by atoms with Crippen LogP contribution < -0.4 is 10.1 Å². The molecule has 20 heavy (non-hydrogen) atoms. The molecule has 0 spiro atoms. The molecule has 106 valence electrons. The van der Waals surface area contributed by atoms with E-state index in [9.17, 15) is 0 Å². The Bertz CT molecular complexity index is 590. The van der Waals surface area contributed by atoms with Gasteiger partial charge in [-0.25, -0.2) is 4.98 Å². The molecule has 1 aromatic heterocycles. The summed E-state index contributed by atoms with van der Waals surface area (Å²) in [5, 5.41) is 4.02. The van der Waals surface area contributed by atoms with Crippen LogP contribution in [0.3, 0.4) is 0 Å². The summed E-state index contributed by atoms with van der Waals surface area (Å²) in [6.07, 6.45) is 1.72. The number of rotatable bonds is 5. The average Bonchev–Trinajstić information content (AvgIpc) is 2.41. The lowest BCUT2D eigenvalue weighted by atomic mass is 10.2. The second kappa shape index (κ2) is 7.07. The van der Waals surface area contributed by atoms with Gasteiger partial charge >= 0.3 is 0 Å². The summed E-state index contributed by atoms with van der Waals surface area (Å²) in [4.78, 5) is 4.30. The lowest BCUT2D eigenvalue weighted by Gasteiger charge is -2.13. The summed E-state index contributed by atoms with van der Waals surface area (Å²) < 4.78 is 6.68. The number of hydrogen-bond acceptors (Lipinski definition) is 3. The van der Waals surface area contributed by atoms with Crippen molar-refractivity contribution < 1.29 is 4.74 Å². The van der Waals surface area contributed by atoms with Crippen molar-refractivity contribution in [2.75, 3.05) is 0 Å². The SMILES string of the molecule is CC(C)NCc1cccnc1Oc1ccc(Cl)cc1Br. The second-order valence-corrected chi connectivity index (χ2v) is 5.97. The van der Waals surface area contributed by atoms with E-state index in [4.69, 9.17) is 16.3 Å². The second-order valence-electron chi connectivity index (χ2n) is 4.68. The van der Waals surface area contributed by atoms with Crippen molar-refractivity contribution in [2.45, 2.75) is 26.4 Å². The van der Waals surface area contributed by atoms with Crippen LogP contribution in [0.2, 0.25) is 5.02 Å². The van der Waals surface area contributed by atoms with Crippen molar-refractivity contribution >= 4 is 27.5 Å². The minimum Gasteiger partial charge on any atom is -0.438 e. The molecule has 0 bridgehead atoms. The topological polar surface area (TPSA) is 34.2 Å². The van der Waals surface area contributed by atoms with Crippen molar-refractivity contribution in [3.05, 3.63) is 51.6 Å². The lowest BCUT2D eigenvalue weighted by molar-refractivity contribution is 0.447. The van der Waals surface area contributed by atoms with Crippen molar-refractivity contribution in [1.82, 2.24) is 10.3 Å². The molecule has 2 aromatic rings. The number of halogens is 2. The molecule has 3 nitrogen and oxygen atoms in total. The van der Waals surface area contributed by atoms with E-state index in [0.717, 1.165) is 10.0 Å². The van der Waals surface area contributed by atoms with Gasteiger partial charge in [-0.05, 0) is 40.2 Å². The van der Waals surface area contributed by atoms with E-state index in [1.807, 2.05) is 18.2 Å². The smallest absolute Gasteiger partial charge is 0.223 e. The molecule has 0 fully saturated rings. The molecule has 0 saturated carbocycles.